The molecule has 3 rings (SSSR count). The third-order valence-electron chi connectivity index (χ3n) is 5.13. The highest BCUT2D eigenvalue weighted by molar-refractivity contribution is 5.96. The second kappa shape index (κ2) is 13.8. The molecule has 0 aliphatic carbocycles. The van der Waals surface area contributed by atoms with Crippen LogP contribution in [0.3, 0.4) is 0 Å². The van der Waals surface area contributed by atoms with Gasteiger partial charge in [0.1, 0.15) is 12.6 Å². The smallest absolute Gasteiger partial charge is 0.326 e. The summed E-state index contributed by atoms with van der Waals surface area (Å²) in [4.78, 5) is 60.6. The number of nitrogen functional groups attached to an aromatic ring is 1. The van der Waals surface area contributed by atoms with Crippen molar-refractivity contribution in [2.75, 3.05) is 45.3 Å². The maximum absolute atomic E-state index is 12.3. The van der Waals surface area contributed by atoms with Gasteiger partial charge in [0, 0.05) is 17.7 Å². The van der Waals surface area contributed by atoms with Gasteiger partial charge in [-0.05, 0) is 30.7 Å². The number of benzene rings is 1. The fraction of sp³-hybridized carbons (Fsp3) is 0.375. The normalized spacial score (nSPS) is 11.7. The van der Waals surface area contributed by atoms with E-state index >= 15 is 0 Å². The van der Waals surface area contributed by atoms with Gasteiger partial charge in [-0.1, -0.05) is 0 Å². The lowest BCUT2D eigenvalue weighted by Gasteiger charge is -2.21. The minimum absolute atomic E-state index is 0.0524. The van der Waals surface area contributed by atoms with E-state index in [1.54, 1.807) is 12.1 Å². The first-order valence-electron chi connectivity index (χ1n) is 11.8. The molecule has 15 heteroatoms. The molecule has 0 aliphatic rings. The number of carboxylic acids is 2. The minimum atomic E-state index is -1.31. The average Bonchev–Trinajstić information content (AvgIpc) is 2.85. The van der Waals surface area contributed by atoms with Gasteiger partial charge < -0.3 is 36.2 Å². The zero-order chi connectivity index (χ0) is 29.2. The fourth-order valence-corrected chi connectivity index (χ4v) is 3.05. The Hall–Kier alpha value is -4.63. The maximum atomic E-state index is 12.3. The fourth-order valence-electron chi connectivity index (χ4n) is 3.05. The van der Waals surface area contributed by atoms with Crippen molar-refractivity contribution in [1.29, 1.82) is 0 Å². The molecule has 210 valence electrons. The van der Waals surface area contributed by atoms with E-state index in [1.165, 1.54) is 18.3 Å². The number of nitrogens with two attached hydrogens (primary N) is 1. The molecule has 0 radical (unpaired) electrons. The highest BCUT2D eigenvalue weighted by atomic mass is 16.4. The molecule has 1 unspecified atom stereocenters. The lowest BCUT2D eigenvalue weighted by molar-refractivity contribution is -0.870. The highest BCUT2D eigenvalue weighted by Gasteiger charge is 2.21. The molecule has 2 aromatic heterocycles. The Morgan fingerprint density at radius 2 is 1.77 bits per heavy atom. The average molecular weight is 546 g/mol. The predicted octanol–water partition coefficient (Wildman–Crippen LogP) is -0.360. The summed E-state index contributed by atoms with van der Waals surface area (Å²) in [6.07, 6.45) is 0.840. The third-order valence-corrected chi connectivity index (χ3v) is 5.13. The van der Waals surface area contributed by atoms with Crippen LogP contribution in [0.15, 0.2) is 35.3 Å². The second-order valence-corrected chi connectivity index (χ2v) is 9.45. The van der Waals surface area contributed by atoms with Crippen molar-refractivity contribution in [3.63, 3.8) is 0 Å². The summed E-state index contributed by atoms with van der Waals surface area (Å²) < 4.78 is 0.844. The lowest BCUT2D eigenvalue weighted by atomic mass is 10.1. The van der Waals surface area contributed by atoms with E-state index in [1.807, 2.05) is 0 Å². The lowest BCUT2D eigenvalue weighted by Crippen LogP contribution is -2.41. The quantitative estimate of drug-likeness (QED) is 0.153. The second-order valence-electron chi connectivity index (χ2n) is 9.45. The van der Waals surface area contributed by atoms with E-state index < -0.39 is 29.4 Å². The number of hydrogen-bond acceptors (Lipinski definition) is 10. The number of anilines is 2. The number of nitrogens with one attached hydrogen (secondary N) is 3. The number of hydrogen-bond donors (Lipinski definition) is 7. The standard InChI is InChI=1S/C19H19N7O6.C5H14NO/c20-19-25-15-14(17(30)26-19)23-11(8-22-15)7-21-10-3-1-9(2-4-10)16(29)24-12(18(31)32)5-6-13(27)28;1-6(2,3)4-5-7/h1-4,8,12,21H,5-7H2,(H,24,29)(H,27,28)(H,31,32)(H3,20,22,25,26,30);7H,4-5H2,1-3H3/q;+1. The van der Waals surface area contributed by atoms with Crippen LogP contribution < -0.4 is 21.9 Å². The van der Waals surface area contributed by atoms with Gasteiger partial charge in [-0.3, -0.25) is 19.4 Å². The van der Waals surface area contributed by atoms with Gasteiger partial charge in [0.15, 0.2) is 11.2 Å². The number of rotatable bonds is 11. The van der Waals surface area contributed by atoms with Crippen molar-refractivity contribution in [3.05, 3.63) is 52.1 Å². The summed E-state index contributed by atoms with van der Waals surface area (Å²) in [5, 5.41) is 31.6. The minimum Gasteiger partial charge on any atom is -0.481 e. The number of aliphatic hydroxyl groups excluding tert-OH is 1. The Kier molecular flexibility index (Phi) is 10.8. The molecule has 8 N–H and O–H groups in total. The van der Waals surface area contributed by atoms with Gasteiger partial charge in [0.2, 0.25) is 5.95 Å². The Labute approximate surface area is 223 Å². The van der Waals surface area contributed by atoms with E-state index in [0.29, 0.717) is 11.4 Å². The van der Waals surface area contributed by atoms with Gasteiger partial charge in [0.05, 0.1) is 46.2 Å². The molecule has 0 saturated carbocycles. The molecule has 3 aromatic rings. The predicted molar refractivity (Wildman–Crippen MR) is 142 cm³/mol. The van der Waals surface area contributed by atoms with Crippen LogP contribution in [-0.2, 0) is 16.1 Å². The van der Waals surface area contributed by atoms with Gasteiger partial charge in [-0.25, -0.2) is 14.8 Å². The Balaban J connectivity index is 0.000000673. The molecule has 15 nitrogen and oxygen atoms in total. The number of likely N-dealkylation sites (N-methyl/N-ethyl adjacent to an activating group) is 1. The molecular formula is C24H33N8O7+. The Morgan fingerprint density at radius 3 is 2.31 bits per heavy atom. The molecule has 1 aromatic carbocycles. The molecule has 39 heavy (non-hydrogen) atoms. The zero-order valence-corrected chi connectivity index (χ0v) is 21.8. The summed E-state index contributed by atoms with van der Waals surface area (Å²) in [6.45, 7) is 1.35. The molecule has 0 spiro atoms. The molecule has 0 bridgehead atoms. The summed E-state index contributed by atoms with van der Waals surface area (Å²) in [5.41, 5.74) is 6.47. The van der Waals surface area contributed by atoms with Gasteiger partial charge in [-0.2, -0.15) is 4.98 Å². The first-order chi connectivity index (χ1) is 18.3. The first-order valence-corrected chi connectivity index (χ1v) is 11.8. The number of H-pyrrole nitrogens is 1. The van der Waals surface area contributed by atoms with E-state index in [0.717, 1.165) is 11.0 Å². The summed E-state index contributed by atoms with van der Waals surface area (Å²) in [6, 6.07) is 4.86. The van der Waals surface area contributed by atoms with Crippen LogP contribution in [-0.4, -0.2) is 97.9 Å². The van der Waals surface area contributed by atoms with Crippen molar-refractivity contribution in [3.8, 4) is 0 Å². The van der Waals surface area contributed by atoms with Crippen LogP contribution in [0, 0.1) is 0 Å². The number of carbonyl (C=O) groups is 3. The number of fused-ring (bicyclic) bond motifs is 1. The van der Waals surface area contributed by atoms with Crippen molar-refractivity contribution in [2.24, 2.45) is 0 Å². The number of aliphatic carboxylic acids is 2. The molecule has 0 aliphatic heterocycles. The Bertz CT molecular complexity index is 1350. The van der Waals surface area contributed by atoms with Crippen LogP contribution in [0.5, 0.6) is 0 Å². The Morgan fingerprint density at radius 1 is 1.10 bits per heavy atom. The van der Waals surface area contributed by atoms with Gasteiger partial charge in [0.25, 0.3) is 11.5 Å². The maximum Gasteiger partial charge on any atom is 0.326 e. The monoisotopic (exact) mass is 545 g/mol. The summed E-state index contributed by atoms with van der Waals surface area (Å²) in [5.74, 6) is -3.16. The van der Waals surface area contributed by atoms with Crippen molar-refractivity contribution in [2.45, 2.75) is 25.4 Å². The van der Waals surface area contributed by atoms with Crippen molar-refractivity contribution < 1.29 is 34.2 Å². The topological polar surface area (TPSA) is 234 Å². The summed E-state index contributed by atoms with van der Waals surface area (Å²) in [7, 11) is 6.16. The van der Waals surface area contributed by atoms with E-state index in [9.17, 15) is 19.2 Å². The molecule has 0 fully saturated rings. The van der Waals surface area contributed by atoms with Gasteiger partial charge >= 0.3 is 11.9 Å². The van der Waals surface area contributed by atoms with Crippen LogP contribution in [0.25, 0.3) is 11.2 Å². The van der Waals surface area contributed by atoms with Crippen LogP contribution in [0.4, 0.5) is 11.6 Å². The molecular weight excluding hydrogens is 512 g/mol. The number of aliphatic hydroxyl groups is 1. The number of quaternary nitrogens is 1. The largest absolute Gasteiger partial charge is 0.481 e. The van der Waals surface area contributed by atoms with Crippen molar-refractivity contribution >= 4 is 40.6 Å². The van der Waals surface area contributed by atoms with Crippen molar-refractivity contribution in [1.82, 2.24) is 25.3 Å². The zero-order valence-electron chi connectivity index (χ0n) is 21.8. The molecule has 2 heterocycles. The number of nitrogens with zero attached hydrogens (tertiary/aromatic N) is 4. The molecule has 0 saturated heterocycles. The number of carboxylic acid groups (broad SMARTS) is 2. The third kappa shape index (κ3) is 10.3. The number of amides is 1. The number of carbonyl (C=O) groups excluding carboxylic acids is 1. The molecule has 1 amide bonds. The first kappa shape index (κ1) is 30.6. The van der Waals surface area contributed by atoms with Gasteiger partial charge in [-0.15, -0.1) is 0 Å². The number of aromatic amines is 1. The van der Waals surface area contributed by atoms with E-state index in [4.69, 9.17) is 21.1 Å². The van der Waals surface area contributed by atoms with Crippen LogP contribution in [0.2, 0.25) is 0 Å². The van der Waals surface area contributed by atoms with E-state index in [-0.39, 0.29) is 48.7 Å². The van der Waals surface area contributed by atoms with Crippen LogP contribution >= 0.6 is 0 Å². The van der Waals surface area contributed by atoms with E-state index in [2.05, 4.69) is 51.7 Å². The summed E-state index contributed by atoms with van der Waals surface area (Å²) >= 11 is 0. The van der Waals surface area contributed by atoms with Crippen LogP contribution in [0.1, 0.15) is 28.9 Å². The highest BCUT2D eigenvalue weighted by Crippen LogP contribution is 2.12. The molecule has 1 atom stereocenters. The SMILES string of the molecule is C[N+](C)(C)CCO.Nc1nc2ncc(CNc3ccc(C(=O)NC(CCC(=O)O)C(=O)O)cc3)nc2c(=O)[nH]1. The number of aromatic nitrogens is 4.